The molecule has 0 bridgehead atoms. The summed E-state index contributed by atoms with van der Waals surface area (Å²) < 4.78 is 11.2. The van der Waals surface area contributed by atoms with Crippen molar-refractivity contribution in [2.75, 3.05) is 0 Å². The van der Waals surface area contributed by atoms with Crippen molar-refractivity contribution in [1.82, 2.24) is 0 Å². The van der Waals surface area contributed by atoms with E-state index >= 15 is 0 Å². The van der Waals surface area contributed by atoms with E-state index in [9.17, 15) is 5.11 Å². The highest BCUT2D eigenvalue weighted by Gasteiger charge is 2.07. The fourth-order valence-corrected chi connectivity index (χ4v) is 2.17. The molecule has 0 fully saturated rings. The molecule has 0 amide bonds. The van der Waals surface area contributed by atoms with Crippen LogP contribution in [0.1, 0.15) is 0 Å². The second kappa shape index (κ2) is 6.82. The summed E-state index contributed by atoms with van der Waals surface area (Å²) in [6.07, 6.45) is 0. The van der Waals surface area contributed by atoms with E-state index in [-0.39, 0.29) is 5.75 Å². The zero-order valence-electron chi connectivity index (χ0n) is 11.9. The lowest BCUT2D eigenvalue weighted by molar-refractivity contribution is 0.405. The third-order valence-corrected chi connectivity index (χ3v) is 3.53. The fourth-order valence-electron chi connectivity index (χ4n) is 1.92. The largest absolute Gasteiger partial charge is 0.504 e. The molecule has 0 spiro atoms. The molecule has 1 N–H and O–H groups in total. The Morgan fingerprint density at radius 3 is 1.61 bits per heavy atom. The maximum atomic E-state index is 10.1. The second-order valence-corrected chi connectivity index (χ2v) is 5.61. The first kappa shape index (κ1) is 15.5. The van der Waals surface area contributed by atoms with Gasteiger partial charge >= 0.3 is 0 Å². The van der Waals surface area contributed by atoms with Gasteiger partial charge in [0.1, 0.15) is 17.2 Å². The van der Waals surface area contributed by atoms with Crippen molar-refractivity contribution in [1.29, 1.82) is 0 Å². The Kier molecular flexibility index (Phi) is 4.60. The average Bonchev–Trinajstić information content (AvgIpc) is 2.54. The zero-order valence-corrected chi connectivity index (χ0v) is 13.4. The molecule has 0 heterocycles. The minimum absolute atomic E-state index is 0.0218. The van der Waals surface area contributed by atoms with Crippen LogP contribution in [-0.4, -0.2) is 5.11 Å². The molecular weight excluding hydrogens is 335 g/mol. The van der Waals surface area contributed by atoms with Crippen LogP contribution in [0.2, 0.25) is 10.0 Å². The summed E-state index contributed by atoms with van der Waals surface area (Å²) in [7, 11) is 0. The number of aromatic hydroxyl groups is 1. The Bertz CT molecular complexity index is 800. The van der Waals surface area contributed by atoms with Gasteiger partial charge in [-0.05, 0) is 60.7 Å². The normalized spacial score (nSPS) is 10.3. The maximum absolute atomic E-state index is 10.1. The standard InChI is InChI=1S/C18H12Cl2O3/c19-12-1-5-14(6-2-12)22-16-9-10-18(17(21)11-16)23-15-7-3-13(20)4-8-15/h1-11,21H. The van der Waals surface area contributed by atoms with Crippen molar-refractivity contribution in [2.24, 2.45) is 0 Å². The number of hydrogen-bond donors (Lipinski definition) is 1. The quantitative estimate of drug-likeness (QED) is 0.603. The van der Waals surface area contributed by atoms with Gasteiger partial charge in [-0.3, -0.25) is 0 Å². The van der Waals surface area contributed by atoms with Crippen LogP contribution < -0.4 is 9.47 Å². The van der Waals surface area contributed by atoms with Crippen molar-refractivity contribution < 1.29 is 14.6 Å². The molecule has 23 heavy (non-hydrogen) atoms. The van der Waals surface area contributed by atoms with Crippen LogP contribution >= 0.6 is 23.2 Å². The third-order valence-electron chi connectivity index (χ3n) is 3.02. The molecule has 0 atom stereocenters. The highest BCUT2D eigenvalue weighted by atomic mass is 35.5. The van der Waals surface area contributed by atoms with Gasteiger partial charge in [0.15, 0.2) is 11.5 Å². The Hall–Kier alpha value is -2.36. The van der Waals surface area contributed by atoms with Crippen LogP contribution in [0.15, 0.2) is 66.7 Å². The molecule has 0 aliphatic rings. The first-order chi connectivity index (χ1) is 11.1. The van der Waals surface area contributed by atoms with E-state index in [1.807, 2.05) is 0 Å². The predicted molar refractivity (Wildman–Crippen MR) is 91.2 cm³/mol. The van der Waals surface area contributed by atoms with Crippen LogP contribution in [0.25, 0.3) is 0 Å². The fraction of sp³-hybridized carbons (Fsp3) is 0. The van der Waals surface area contributed by atoms with E-state index in [0.717, 1.165) is 0 Å². The Labute approximate surface area is 143 Å². The molecule has 3 aromatic rings. The van der Waals surface area contributed by atoms with Crippen molar-refractivity contribution in [3.8, 4) is 28.7 Å². The lowest BCUT2D eigenvalue weighted by atomic mass is 10.3. The van der Waals surface area contributed by atoms with Gasteiger partial charge in [0.05, 0.1) is 0 Å². The minimum Gasteiger partial charge on any atom is -0.504 e. The van der Waals surface area contributed by atoms with Gasteiger partial charge in [-0.25, -0.2) is 0 Å². The monoisotopic (exact) mass is 346 g/mol. The highest BCUT2D eigenvalue weighted by Crippen LogP contribution is 2.35. The molecule has 3 nitrogen and oxygen atoms in total. The number of hydrogen-bond acceptors (Lipinski definition) is 3. The molecular formula is C18H12Cl2O3. The van der Waals surface area contributed by atoms with Crippen LogP contribution in [0.5, 0.6) is 28.7 Å². The number of halogens is 2. The molecule has 116 valence electrons. The van der Waals surface area contributed by atoms with Crippen molar-refractivity contribution in [2.45, 2.75) is 0 Å². The summed E-state index contributed by atoms with van der Waals surface area (Å²) in [5.41, 5.74) is 0. The summed E-state index contributed by atoms with van der Waals surface area (Å²) in [5, 5.41) is 11.3. The third kappa shape index (κ3) is 4.09. The van der Waals surface area contributed by atoms with Crippen molar-refractivity contribution in [3.05, 3.63) is 76.8 Å². The van der Waals surface area contributed by atoms with Crippen molar-refractivity contribution >= 4 is 23.2 Å². The van der Waals surface area contributed by atoms with Gasteiger partial charge < -0.3 is 14.6 Å². The van der Waals surface area contributed by atoms with E-state index in [1.165, 1.54) is 6.07 Å². The van der Waals surface area contributed by atoms with Gasteiger partial charge in [-0.1, -0.05) is 23.2 Å². The molecule has 0 saturated carbocycles. The van der Waals surface area contributed by atoms with Gasteiger partial charge in [-0.15, -0.1) is 0 Å². The van der Waals surface area contributed by atoms with Gasteiger partial charge in [0.25, 0.3) is 0 Å². The first-order valence-corrected chi connectivity index (χ1v) is 7.55. The Balaban J connectivity index is 1.75. The number of benzene rings is 3. The Morgan fingerprint density at radius 2 is 1.09 bits per heavy atom. The van der Waals surface area contributed by atoms with Crippen LogP contribution in [0, 0.1) is 0 Å². The zero-order chi connectivity index (χ0) is 16.2. The van der Waals surface area contributed by atoms with E-state index in [1.54, 1.807) is 60.7 Å². The van der Waals surface area contributed by atoms with Gasteiger partial charge in [-0.2, -0.15) is 0 Å². The molecule has 0 saturated heterocycles. The average molecular weight is 347 g/mol. The smallest absolute Gasteiger partial charge is 0.169 e. The minimum atomic E-state index is -0.0218. The van der Waals surface area contributed by atoms with Crippen molar-refractivity contribution in [3.63, 3.8) is 0 Å². The van der Waals surface area contributed by atoms with Crippen LogP contribution in [0.3, 0.4) is 0 Å². The predicted octanol–water partition coefficient (Wildman–Crippen LogP) is 6.28. The first-order valence-electron chi connectivity index (χ1n) is 6.80. The molecule has 0 radical (unpaired) electrons. The summed E-state index contributed by atoms with van der Waals surface area (Å²) >= 11 is 11.7. The van der Waals surface area contributed by atoms with Gasteiger partial charge in [0.2, 0.25) is 0 Å². The maximum Gasteiger partial charge on any atom is 0.169 e. The highest BCUT2D eigenvalue weighted by molar-refractivity contribution is 6.30. The van der Waals surface area contributed by atoms with E-state index in [2.05, 4.69) is 0 Å². The van der Waals surface area contributed by atoms with E-state index < -0.39 is 0 Å². The summed E-state index contributed by atoms with van der Waals surface area (Å²) in [6, 6.07) is 18.7. The van der Waals surface area contributed by atoms with Crippen LogP contribution in [0.4, 0.5) is 0 Å². The number of rotatable bonds is 4. The Morgan fingerprint density at radius 1 is 0.609 bits per heavy atom. The number of ether oxygens (including phenoxy) is 2. The second-order valence-electron chi connectivity index (χ2n) is 4.74. The summed E-state index contributed by atoms with van der Waals surface area (Å²) in [6.45, 7) is 0. The van der Waals surface area contributed by atoms with Gasteiger partial charge in [0, 0.05) is 16.1 Å². The SMILES string of the molecule is Oc1cc(Oc2ccc(Cl)cc2)ccc1Oc1ccc(Cl)cc1. The topological polar surface area (TPSA) is 38.7 Å². The molecule has 0 aliphatic heterocycles. The molecule has 5 heteroatoms. The molecule has 3 aromatic carbocycles. The molecule has 3 rings (SSSR count). The molecule has 0 aromatic heterocycles. The lowest BCUT2D eigenvalue weighted by Crippen LogP contribution is -1.87. The van der Waals surface area contributed by atoms with E-state index in [0.29, 0.717) is 33.0 Å². The number of phenolic OH excluding ortho intramolecular Hbond substituents is 1. The van der Waals surface area contributed by atoms with Crippen LogP contribution in [-0.2, 0) is 0 Å². The van der Waals surface area contributed by atoms with E-state index in [4.69, 9.17) is 32.7 Å². The molecule has 0 unspecified atom stereocenters. The summed E-state index contributed by atoms with van der Waals surface area (Å²) in [5.74, 6) is 2.01. The number of phenols is 1. The lowest BCUT2D eigenvalue weighted by Gasteiger charge is -2.10. The molecule has 0 aliphatic carbocycles. The summed E-state index contributed by atoms with van der Waals surface area (Å²) in [4.78, 5) is 0.